The first-order chi connectivity index (χ1) is 8.58. The van der Waals surface area contributed by atoms with Gasteiger partial charge in [0, 0.05) is 13.1 Å². The molecular weight excluding hydrogens is 228 g/mol. The van der Waals surface area contributed by atoms with Gasteiger partial charge in [-0.3, -0.25) is 0 Å². The number of methoxy groups -OCH3 is 1. The van der Waals surface area contributed by atoms with E-state index in [-0.39, 0.29) is 0 Å². The van der Waals surface area contributed by atoms with Gasteiger partial charge in [0.05, 0.1) is 13.2 Å². The predicted octanol–water partition coefficient (Wildman–Crippen LogP) is 0.764. The Morgan fingerprint density at radius 1 is 1.33 bits per heavy atom. The zero-order valence-corrected chi connectivity index (χ0v) is 11.5. The molecule has 4 heteroatoms. The molecule has 18 heavy (non-hydrogen) atoms. The van der Waals surface area contributed by atoms with Gasteiger partial charge in [-0.15, -0.1) is 0 Å². The quantitative estimate of drug-likeness (QED) is 0.627. The van der Waals surface area contributed by atoms with Gasteiger partial charge in [0.25, 0.3) is 0 Å². The lowest BCUT2D eigenvalue weighted by Crippen LogP contribution is -2.33. The third-order valence-electron chi connectivity index (χ3n) is 3.08. The lowest BCUT2D eigenvalue weighted by Gasteiger charge is -2.13. The largest absolute Gasteiger partial charge is 0.496 e. The highest BCUT2D eigenvalue weighted by Crippen LogP contribution is 2.22. The second-order valence-electron chi connectivity index (χ2n) is 4.59. The first-order valence-electron chi connectivity index (χ1n) is 6.31. The first kappa shape index (κ1) is 15.0. The van der Waals surface area contributed by atoms with Crippen molar-refractivity contribution in [3.8, 4) is 5.75 Å². The lowest BCUT2D eigenvalue weighted by atomic mass is 10.0. The molecule has 0 spiro atoms. The van der Waals surface area contributed by atoms with Crippen molar-refractivity contribution < 1.29 is 9.84 Å². The summed E-state index contributed by atoms with van der Waals surface area (Å²) < 4.78 is 5.29. The van der Waals surface area contributed by atoms with Crippen molar-refractivity contribution in [2.75, 3.05) is 26.7 Å². The van der Waals surface area contributed by atoms with Crippen LogP contribution < -0.4 is 15.8 Å². The fraction of sp³-hybridized carbons (Fsp3) is 0.571. The van der Waals surface area contributed by atoms with Crippen LogP contribution in [0.5, 0.6) is 5.75 Å². The smallest absolute Gasteiger partial charge is 0.122 e. The minimum Gasteiger partial charge on any atom is -0.496 e. The van der Waals surface area contributed by atoms with E-state index in [1.165, 1.54) is 11.1 Å². The number of rotatable bonds is 7. The average molecular weight is 252 g/mol. The van der Waals surface area contributed by atoms with E-state index >= 15 is 0 Å². The molecular formula is C14H24N2O2. The first-order valence-corrected chi connectivity index (χ1v) is 6.31. The molecule has 1 atom stereocenters. The minimum absolute atomic E-state index is 0.299. The van der Waals surface area contributed by atoms with E-state index in [1.54, 1.807) is 7.11 Å². The predicted molar refractivity (Wildman–Crippen MR) is 74.1 cm³/mol. The highest BCUT2D eigenvalue weighted by Gasteiger charge is 2.05. The Morgan fingerprint density at radius 3 is 2.67 bits per heavy atom. The van der Waals surface area contributed by atoms with Gasteiger partial charge in [-0.2, -0.15) is 0 Å². The van der Waals surface area contributed by atoms with Crippen LogP contribution in [0.1, 0.15) is 16.7 Å². The molecule has 1 rings (SSSR count). The summed E-state index contributed by atoms with van der Waals surface area (Å²) in [6, 6.07) is 4.23. The van der Waals surface area contributed by atoms with Gasteiger partial charge in [0.15, 0.2) is 0 Å². The number of nitrogens with two attached hydrogens (primary N) is 1. The molecule has 1 unspecified atom stereocenters. The molecule has 0 aliphatic heterocycles. The summed E-state index contributed by atoms with van der Waals surface area (Å²) in [5, 5.41) is 12.5. The van der Waals surface area contributed by atoms with E-state index < -0.39 is 6.10 Å². The van der Waals surface area contributed by atoms with Gasteiger partial charge in [-0.05, 0) is 49.6 Å². The Labute approximate surface area is 109 Å². The van der Waals surface area contributed by atoms with Crippen LogP contribution in [-0.2, 0) is 6.42 Å². The second-order valence-corrected chi connectivity index (χ2v) is 4.59. The Kier molecular flexibility index (Phi) is 6.12. The maximum absolute atomic E-state index is 9.32. The van der Waals surface area contributed by atoms with Crippen molar-refractivity contribution in [1.82, 2.24) is 5.32 Å². The Balaban J connectivity index is 2.50. The van der Waals surface area contributed by atoms with E-state index in [0.29, 0.717) is 13.1 Å². The van der Waals surface area contributed by atoms with E-state index in [1.807, 2.05) is 6.92 Å². The summed E-state index contributed by atoms with van der Waals surface area (Å²) in [5.41, 5.74) is 9.03. The molecule has 102 valence electrons. The summed E-state index contributed by atoms with van der Waals surface area (Å²) in [7, 11) is 1.69. The topological polar surface area (TPSA) is 67.5 Å². The van der Waals surface area contributed by atoms with Crippen LogP contribution >= 0.6 is 0 Å². The van der Waals surface area contributed by atoms with Gasteiger partial charge < -0.3 is 20.9 Å². The molecule has 0 aromatic heterocycles. The molecule has 0 saturated heterocycles. The van der Waals surface area contributed by atoms with Gasteiger partial charge >= 0.3 is 0 Å². The molecule has 0 fully saturated rings. The van der Waals surface area contributed by atoms with Gasteiger partial charge in [0.2, 0.25) is 0 Å². The number of nitrogens with one attached hydrogen (secondary N) is 1. The number of aliphatic hydroxyl groups is 1. The van der Waals surface area contributed by atoms with Gasteiger partial charge in [-0.25, -0.2) is 0 Å². The molecule has 1 aromatic carbocycles. The lowest BCUT2D eigenvalue weighted by molar-refractivity contribution is 0.180. The van der Waals surface area contributed by atoms with Gasteiger partial charge in [0.1, 0.15) is 5.75 Å². The molecule has 0 radical (unpaired) electrons. The highest BCUT2D eigenvalue weighted by atomic mass is 16.5. The van der Waals surface area contributed by atoms with Crippen LogP contribution in [0.2, 0.25) is 0 Å². The fourth-order valence-corrected chi connectivity index (χ4v) is 1.91. The normalized spacial score (nSPS) is 12.5. The van der Waals surface area contributed by atoms with E-state index in [9.17, 15) is 5.11 Å². The molecule has 1 aromatic rings. The van der Waals surface area contributed by atoms with Crippen molar-refractivity contribution in [1.29, 1.82) is 0 Å². The number of aryl methyl sites for hydroxylation is 2. The van der Waals surface area contributed by atoms with Crippen molar-refractivity contribution in [3.63, 3.8) is 0 Å². The number of ether oxygens (including phenoxy) is 1. The molecule has 0 aliphatic carbocycles. The van der Waals surface area contributed by atoms with Gasteiger partial charge in [-0.1, -0.05) is 6.07 Å². The zero-order chi connectivity index (χ0) is 13.5. The highest BCUT2D eigenvalue weighted by molar-refractivity contribution is 5.41. The Bertz CT molecular complexity index is 380. The summed E-state index contributed by atoms with van der Waals surface area (Å²) in [4.78, 5) is 0. The zero-order valence-electron chi connectivity index (χ0n) is 11.5. The molecule has 0 bridgehead atoms. The molecule has 4 N–H and O–H groups in total. The van der Waals surface area contributed by atoms with E-state index in [4.69, 9.17) is 10.5 Å². The van der Waals surface area contributed by atoms with Crippen LogP contribution in [0.25, 0.3) is 0 Å². The number of benzene rings is 1. The van der Waals surface area contributed by atoms with Crippen LogP contribution in [0.3, 0.4) is 0 Å². The van der Waals surface area contributed by atoms with E-state index in [0.717, 1.165) is 24.3 Å². The van der Waals surface area contributed by atoms with Crippen molar-refractivity contribution in [2.24, 2.45) is 5.73 Å². The molecule has 4 nitrogen and oxygen atoms in total. The van der Waals surface area contributed by atoms with Crippen LogP contribution in [-0.4, -0.2) is 38.0 Å². The van der Waals surface area contributed by atoms with Crippen LogP contribution in [0.4, 0.5) is 0 Å². The molecule has 0 saturated carbocycles. The van der Waals surface area contributed by atoms with Crippen molar-refractivity contribution >= 4 is 0 Å². The average Bonchev–Trinajstić information content (AvgIpc) is 2.37. The molecule has 0 aliphatic rings. The van der Waals surface area contributed by atoms with E-state index in [2.05, 4.69) is 24.4 Å². The third-order valence-corrected chi connectivity index (χ3v) is 3.08. The maximum Gasteiger partial charge on any atom is 0.122 e. The minimum atomic E-state index is -0.455. The summed E-state index contributed by atoms with van der Waals surface area (Å²) >= 11 is 0. The number of aliphatic hydroxyl groups excluding tert-OH is 1. The van der Waals surface area contributed by atoms with Crippen LogP contribution in [0, 0.1) is 13.8 Å². The number of hydrogen-bond acceptors (Lipinski definition) is 4. The third kappa shape index (κ3) is 4.29. The molecule has 0 amide bonds. The second kappa shape index (κ2) is 7.36. The Hall–Kier alpha value is -1.10. The standard InChI is InChI=1S/C14H24N2O2/c1-10-7-14(18-3)11(2)6-12(10)4-5-16-9-13(17)8-15/h6-7,13,16-17H,4-5,8-9,15H2,1-3H3. The Morgan fingerprint density at radius 2 is 2.06 bits per heavy atom. The fourth-order valence-electron chi connectivity index (χ4n) is 1.91. The SMILES string of the molecule is COc1cc(C)c(CCNCC(O)CN)cc1C. The number of hydrogen-bond donors (Lipinski definition) is 3. The van der Waals surface area contributed by atoms with Crippen LogP contribution in [0.15, 0.2) is 12.1 Å². The monoisotopic (exact) mass is 252 g/mol. The van der Waals surface area contributed by atoms with Crippen molar-refractivity contribution in [3.05, 3.63) is 28.8 Å². The summed E-state index contributed by atoms with van der Waals surface area (Å²) in [6.45, 7) is 5.82. The van der Waals surface area contributed by atoms with Crippen molar-refractivity contribution in [2.45, 2.75) is 26.4 Å². The summed E-state index contributed by atoms with van der Waals surface area (Å²) in [5.74, 6) is 0.933. The summed E-state index contributed by atoms with van der Waals surface area (Å²) in [6.07, 6.45) is 0.484. The maximum atomic E-state index is 9.32. The molecule has 0 heterocycles.